The van der Waals surface area contributed by atoms with E-state index < -0.39 is 0 Å². The molecule has 1 heterocycles. The highest BCUT2D eigenvalue weighted by atomic mass is 16.3. The number of hydrogen-bond donors (Lipinski definition) is 1. The third kappa shape index (κ3) is 1.63. The zero-order valence-corrected chi connectivity index (χ0v) is 7.70. The Morgan fingerprint density at radius 1 is 1.46 bits per heavy atom. The topological polar surface area (TPSA) is 25.2 Å². The molecule has 3 rings (SSSR count). The summed E-state index contributed by atoms with van der Waals surface area (Å²) in [4.78, 5) is 0. The minimum Gasteiger partial charge on any atom is -0.472 e. The van der Waals surface area contributed by atoms with E-state index in [1.54, 1.807) is 6.26 Å². The Labute approximate surface area is 78.3 Å². The van der Waals surface area contributed by atoms with Crippen LogP contribution < -0.4 is 5.32 Å². The molecule has 1 N–H and O–H groups in total. The molecule has 2 heteroatoms. The van der Waals surface area contributed by atoms with Crippen molar-refractivity contribution in [1.29, 1.82) is 0 Å². The van der Waals surface area contributed by atoms with Crippen molar-refractivity contribution in [3.63, 3.8) is 0 Å². The van der Waals surface area contributed by atoms with E-state index in [2.05, 4.69) is 11.4 Å². The molecule has 0 aliphatic heterocycles. The average Bonchev–Trinajstić information content (AvgIpc) is 3.04. The molecule has 0 bridgehead atoms. The molecule has 1 aromatic rings. The maximum absolute atomic E-state index is 5.08. The summed E-state index contributed by atoms with van der Waals surface area (Å²) in [5.74, 6) is 1.66. The van der Waals surface area contributed by atoms with Gasteiger partial charge in [-0.1, -0.05) is 0 Å². The number of hydrogen-bond acceptors (Lipinski definition) is 2. The van der Waals surface area contributed by atoms with Crippen molar-refractivity contribution >= 4 is 0 Å². The quantitative estimate of drug-likeness (QED) is 0.762. The molecule has 0 amide bonds. The van der Waals surface area contributed by atoms with E-state index in [1.165, 1.54) is 31.4 Å². The SMILES string of the molecule is c1cc(C2CC2CNC2CC2)co1. The predicted molar refractivity (Wildman–Crippen MR) is 50.6 cm³/mol. The Bertz CT molecular complexity index is 276. The lowest BCUT2D eigenvalue weighted by Gasteiger charge is -1.99. The van der Waals surface area contributed by atoms with Gasteiger partial charge in [-0.15, -0.1) is 0 Å². The summed E-state index contributed by atoms with van der Waals surface area (Å²) in [6.07, 6.45) is 7.80. The fraction of sp³-hybridized carbons (Fsp3) is 0.636. The van der Waals surface area contributed by atoms with Gasteiger partial charge >= 0.3 is 0 Å². The molecule has 0 aromatic carbocycles. The molecule has 2 unspecified atom stereocenters. The van der Waals surface area contributed by atoms with Gasteiger partial charge in [0.2, 0.25) is 0 Å². The zero-order chi connectivity index (χ0) is 8.67. The van der Waals surface area contributed by atoms with Gasteiger partial charge in [0, 0.05) is 6.04 Å². The van der Waals surface area contributed by atoms with Crippen LogP contribution in [0, 0.1) is 5.92 Å². The summed E-state index contributed by atoms with van der Waals surface area (Å²) < 4.78 is 5.08. The monoisotopic (exact) mass is 177 g/mol. The molecule has 0 radical (unpaired) electrons. The minimum absolute atomic E-state index is 0.782. The zero-order valence-electron chi connectivity index (χ0n) is 7.70. The van der Waals surface area contributed by atoms with Gasteiger partial charge in [0.1, 0.15) is 0 Å². The molecular formula is C11H15NO. The van der Waals surface area contributed by atoms with Crippen molar-refractivity contribution in [1.82, 2.24) is 5.32 Å². The van der Waals surface area contributed by atoms with E-state index in [0.717, 1.165) is 17.9 Å². The molecule has 2 atom stereocenters. The van der Waals surface area contributed by atoms with Gasteiger partial charge in [-0.2, -0.15) is 0 Å². The van der Waals surface area contributed by atoms with Crippen LogP contribution in [0.15, 0.2) is 23.0 Å². The third-order valence-electron chi connectivity index (χ3n) is 3.14. The fourth-order valence-corrected chi connectivity index (χ4v) is 1.97. The van der Waals surface area contributed by atoms with Gasteiger partial charge in [0.25, 0.3) is 0 Å². The average molecular weight is 177 g/mol. The normalized spacial score (nSPS) is 32.0. The summed E-state index contributed by atoms with van der Waals surface area (Å²) in [6, 6.07) is 2.95. The highest BCUT2D eigenvalue weighted by molar-refractivity contribution is 5.21. The van der Waals surface area contributed by atoms with Crippen LogP contribution in [0.5, 0.6) is 0 Å². The van der Waals surface area contributed by atoms with Crippen LogP contribution in [-0.4, -0.2) is 12.6 Å². The molecular weight excluding hydrogens is 162 g/mol. The second-order valence-electron chi connectivity index (χ2n) is 4.34. The number of rotatable bonds is 4. The third-order valence-corrected chi connectivity index (χ3v) is 3.14. The Kier molecular flexibility index (Phi) is 1.69. The van der Waals surface area contributed by atoms with E-state index in [9.17, 15) is 0 Å². The van der Waals surface area contributed by atoms with Crippen molar-refractivity contribution in [3.05, 3.63) is 24.2 Å². The van der Waals surface area contributed by atoms with Crippen LogP contribution in [-0.2, 0) is 0 Å². The molecule has 0 spiro atoms. The first-order valence-electron chi connectivity index (χ1n) is 5.19. The summed E-state index contributed by atoms with van der Waals surface area (Å²) in [7, 11) is 0. The molecule has 70 valence electrons. The predicted octanol–water partition coefficient (Wildman–Crippen LogP) is 2.14. The van der Waals surface area contributed by atoms with Crippen molar-refractivity contribution in [2.24, 2.45) is 5.92 Å². The first-order chi connectivity index (χ1) is 6.43. The van der Waals surface area contributed by atoms with Gasteiger partial charge < -0.3 is 9.73 Å². The van der Waals surface area contributed by atoms with Crippen molar-refractivity contribution < 1.29 is 4.42 Å². The molecule has 2 aliphatic rings. The molecule has 2 aliphatic carbocycles. The van der Waals surface area contributed by atoms with E-state index >= 15 is 0 Å². The molecule has 0 saturated heterocycles. The molecule has 2 fully saturated rings. The second kappa shape index (κ2) is 2.88. The van der Waals surface area contributed by atoms with Crippen molar-refractivity contribution in [2.45, 2.75) is 31.2 Å². The van der Waals surface area contributed by atoms with Gasteiger partial charge in [-0.05, 0) is 49.3 Å². The molecule has 2 nitrogen and oxygen atoms in total. The maximum atomic E-state index is 5.08. The lowest BCUT2D eigenvalue weighted by molar-refractivity contribution is 0.562. The van der Waals surface area contributed by atoms with Crippen molar-refractivity contribution in [2.75, 3.05) is 6.54 Å². The van der Waals surface area contributed by atoms with Crippen LogP contribution in [0.1, 0.15) is 30.7 Å². The van der Waals surface area contributed by atoms with E-state index in [-0.39, 0.29) is 0 Å². The van der Waals surface area contributed by atoms with Crippen LogP contribution >= 0.6 is 0 Å². The summed E-state index contributed by atoms with van der Waals surface area (Å²) >= 11 is 0. The van der Waals surface area contributed by atoms with E-state index in [4.69, 9.17) is 4.42 Å². The Morgan fingerprint density at radius 2 is 2.38 bits per heavy atom. The Morgan fingerprint density at radius 3 is 3.08 bits per heavy atom. The summed E-state index contributed by atoms with van der Waals surface area (Å²) in [5, 5.41) is 3.58. The molecule has 13 heavy (non-hydrogen) atoms. The van der Waals surface area contributed by atoms with Crippen LogP contribution in [0.3, 0.4) is 0 Å². The van der Waals surface area contributed by atoms with Gasteiger partial charge in [-0.3, -0.25) is 0 Å². The fourth-order valence-electron chi connectivity index (χ4n) is 1.97. The largest absolute Gasteiger partial charge is 0.472 e. The summed E-state index contributed by atoms with van der Waals surface area (Å²) in [6.45, 7) is 1.21. The second-order valence-corrected chi connectivity index (χ2v) is 4.34. The highest BCUT2D eigenvalue weighted by Gasteiger charge is 2.39. The first-order valence-corrected chi connectivity index (χ1v) is 5.19. The van der Waals surface area contributed by atoms with Gasteiger partial charge in [0.15, 0.2) is 0 Å². The Hall–Kier alpha value is -0.760. The first kappa shape index (κ1) is 7.63. The number of nitrogens with one attached hydrogen (secondary N) is 1. The van der Waals surface area contributed by atoms with Crippen LogP contribution in [0.2, 0.25) is 0 Å². The lowest BCUT2D eigenvalue weighted by atomic mass is 10.2. The molecule has 2 saturated carbocycles. The maximum Gasteiger partial charge on any atom is 0.0937 e. The van der Waals surface area contributed by atoms with E-state index in [0.29, 0.717) is 0 Å². The molecule has 1 aromatic heterocycles. The van der Waals surface area contributed by atoms with Crippen molar-refractivity contribution in [3.8, 4) is 0 Å². The van der Waals surface area contributed by atoms with Crippen LogP contribution in [0.4, 0.5) is 0 Å². The van der Waals surface area contributed by atoms with Gasteiger partial charge in [-0.25, -0.2) is 0 Å². The highest BCUT2D eigenvalue weighted by Crippen LogP contribution is 2.47. The number of furan rings is 1. The standard InChI is InChI=1S/C11H15NO/c1-2-10(1)12-6-9-5-11(9)8-3-4-13-7-8/h3-4,7,9-12H,1-2,5-6H2. The van der Waals surface area contributed by atoms with Gasteiger partial charge in [0.05, 0.1) is 12.5 Å². The Balaban J connectivity index is 1.49. The minimum atomic E-state index is 0.782. The smallest absolute Gasteiger partial charge is 0.0937 e. The lowest BCUT2D eigenvalue weighted by Crippen LogP contribution is -2.19. The summed E-state index contributed by atoms with van der Waals surface area (Å²) in [5.41, 5.74) is 1.39. The van der Waals surface area contributed by atoms with E-state index in [1.807, 2.05) is 6.26 Å². The van der Waals surface area contributed by atoms with Crippen LogP contribution in [0.25, 0.3) is 0 Å².